The van der Waals surface area contributed by atoms with Crippen molar-refractivity contribution in [2.45, 2.75) is 63.6 Å². The Hall–Kier alpha value is -3.58. The van der Waals surface area contributed by atoms with Crippen LogP contribution in [0.4, 0.5) is 4.39 Å². The number of aliphatic hydroxyl groups is 1. The Kier molecular flexibility index (Phi) is 6.06. The molecule has 0 bridgehead atoms. The average molecular weight is 519 g/mol. The van der Waals surface area contributed by atoms with Crippen molar-refractivity contribution in [1.29, 1.82) is 0 Å². The summed E-state index contributed by atoms with van der Waals surface area (Å²) in [5.41, 5.74) is 5.87. The van der Waals surface area contributed by atoms with E-state index in [9.17, 15) is 9.90 Å². The van der Waals surface area contributed by atoms with E-state index in [2.05, 4.69) is 0 Å². The van der Waals surface area contributed by atoms with E-state index in [1.165, 1.54) is 6.07 Å². The molecule has 0 spiro atoms. The number of carboxylic acids is 1. The summed E-state index contributed by atoms with van der Waals surface area (Å²) in [7, 11) is 0. The number of carbonyl (C=O) groups is 1. The van der Waals surface area contributed by atoms with Crippen LogP contribution >= 0.6 is 0 Å². The van der Waals surface area contributed by atoms with Gasteiger partial charge in [0.15, 0.2) is 0 Å². The Morgan fingerprint density at radius 3 is 2.58 bits per heavy atom. The number of rotatable bonds is 8. The normalized spacial score (nSPS) is 20.4. The van der Waals surface area contributed by atoms with Crippen LogP contribution in [-0.4, -0.2) is 35.0 Å². The van der Waals surface area contributed by atoms with Crippen LogP contribution in [0.15, 0.2) is 42.5 Å². The highest BCUT2D eigenvalue weighted by Crippen LogP contribution is 2.45. The zero-order valence-electron chi connectivity index (χ0n) is 21.6. The first kappa shape index (κ1) is 24.7. The van der Waals surface area contributed by atoms with Crippen molar-refractivity contribution < 1.29 is 33.6 Å². The third-order valence-corrected chi connectivity index (χ3v) is 7.96. The highest BCUT2D eigenvalue weighted by Gasteiger charge is 2.41. The van der Waals surface area contributed by atoms with E-state index in [4.69, 9.17) is 19.3 Å². The largest absolute Gasteiger partial charge is 0.492 e. The van der Waals surface area contributed by atoms with Crippen LogP contribution in [0.1, 0.15) is 65.5 Å². The first-order valence-corrected chi connectivity index (χ1v) is 13.1. The molecule has 1 aliphatic heterocycles. The summed E-state index contributed by atoms with van der Waals surface area (Å²) in [5.74, 6) is 0.624. The summed E-state index contributed by atoms with van der Waals surface area (Å²) in [4.78, 5) is 11.1. The molecule has 0 saturated heterocycles. The van der Waals surface area contributed by atoms with Crippen molar-refractivity contribution in [3.8, 4) is 28.4 Å². The van der Waals surface area contributed by atoms with Gasteiger partial charge in [0.1, 0.15) is 35.8 Å². The summed E-state index contributed by atoms with van der Waals surface area (Å²) >= 11 is 0. The van der Waals surface area contributed by atoms with Gasteiger partial charge < -0.3 is 24.4 Å². The van der Waals surface area contributed by atoms with E-state index in [-0.39, 0.29) is 18.2 Å². The van der Waals surface area contributed by atoms with Crippen molar-refractivity contribution in [3.63, 3.8) is 0 Å². The predicted octanol–water partition coefficient (Wildman–Crippen LogP) is 6.03. The zero-order chi connectivity index (χ0) is 26.6. The van der Waals surface area contributed by atoms with Gasteiger partial charge in [-0.2, -0.15) is 0 Å². The maximum absolute atomic E-state index is 15.2. The number of halogens is 1. The lowest BCUT2D eigenvalue weighted by atomic mass is 9.90. The summed E-state index contributed by atoms with van der Waals surface area (Å²) in [6, 6.07) is 12.8. The number of fused-ring (bicyclic) bond motifs is 2. The van der Waals surface area contributed by atoms with Crippen molar-refractivity contribution >= 4 is 5.97 Å². The van der Waals surface area contributed by atoms with Crippen LogP contribution in [0.25, 0.3) is 11.1 Å². The second kappa shape index (κ2) is 9.31. The summed E-state index contributed by atoms with van der Waals surface area (Å²) in [5, 5.41) is 19.3. The molecule has 3 aromatic carbocycles. The van der Waals surface area contributed by atoms with Gasteiger partial charge in [-0.3, -0.25) is 4.79 Å². The van der Waals surface area contributed by atoms with E-state index < -0.39 is 17.7 Å². The molecule has 3 aliphatic rings. The maximum atomic E-state index is 15.2. The molecule has 3 aromatic rings. The van der Waals surface area contributed by atoms with Gasteiger partial charge in [-0.05, 0) is 91.6 Å². The highest BCUT2D eigenvalue weighted by atomic mass is 19.1. The van der Waals surface area contributed by atoms with Crippen LogP contribution < -0.4 is 14.2 Å². The molecule has 6 rings (SSSR count). The van der Waals surface area contributed by atoms with Crippen LogP contribution in [-0.2, 0) is 11.2 Å². The van der Waals surface area contributed by atoms with Crippen molar-refractivity contribution in [2.75, 3.05) is 13.2 Å². The van der Waals surface area contributed by atoms with Crippen LogP contribution in [0.3, 0.4) is 0 Å². The topological polar surface area (TPSA) is 85.2 Å². The zero-order valence-corrected chi connectivity index (χ0v) is 21.6. The molecule has 0 radical (unpaired) electrons. The molecule has 38 heavy (non-hydrogen) atoms. The lowest BCUT2D eigenvalue weighted by molar-refractivity contribution is -0.137. The van der Waals surface area contributed by atoms with Gasteiger partial charge in [-0.1, -0.05) is 12.1 Å². The van der Waals surface area contributed by atoms with E-state index in [0.29, 0.717) is 43.1 Å². The fourth-order valence-corrected chi connectivity index (χ4v) is 5.84. The Morgan fingerprint density at radius 1 is 1.11 bits per heavy atom. The third-order valence-electron chi connectivity index (χ3n) is 7.96. The Balaban J connectivity index is 1.26. The van der Waals surface area contributed by atoms with Crippen molar-refractivity contribution in [3.05, 3.63) is 76.1 Å². The number of hydrogen-bond acceptors (Lipinski definition) is 5. The lowest BCUT2D eigenvalue weighted by Crippen LogP contribution is -2.18. The molecule has 0 amide bonds. The van der Waals surface area contributed by atoms with Crippen LogP contribution in [0.5, 0.6) is 17.2 Å². The van der Waals surface area contributed by atoms with Gasteiger partial charge in [0.25, 0.3) is 0 Å². The molecule has 2 atom stereocenters. The van der Waals surface area contributed by atoms with E-state index in [1.54, 1.807) is 6.07 Å². The number of ether oxygens (including phenoxy) is 3. The van der Waals surface area contributed by atoms with Gasteiger partial charge in [0.05, 0.1) is 18.6 Å². The van der Waals surface area contributed by atoms with E-state index in [0.717, 1.165) is 52.0 Å². The van der Waals surface area contributed by atoms with Gasteiger partial charge in [-0.15, -0.1) is 0 Å². The summed E-state index contributed by atoms with van der Waals surface area (Å²) in [6.45, 7) is 4.69. The van der Waals surface area contributed by atoms with E-state index in [1.807, 2.05) is 44.2 Å². The Labute approximate surface area is 221 Å². The minimum Gasteiger partial charge on any atom is -0.492 e. The molecule has 7 heteroatoms. The minimum absolute atomic E-state index is 0.0192. The molecule has 0 aromatic heterocycles. The molecule has 1 fully saturated rings. The Bertz CT molecular complexity index is 1400. The molecule has 6 nitrogen and oxygen atoms in total. The summed E-state index contributed by atoms with van der Waals surface area (Å²) < 4.78 is 33.1. The Morgan fingerprint density at radius 2 is 1.87 bits per heavy atom. The second-order valence-electron chi connectivity index (χ2n) is 10.9. The smallest absolute Gasteiger partial charge is 0.304 e. The first-order valence-electron chi connectivity index (χ1n) is 13.1. The van der Waals surface area contributed by atoms with Gasteiger partial charge in [0, 0.05) is 23.1 Å². The number of aryl methyl sites for hydroxylation is 2. The van der Waals surface area contributed by atoms with Crippen LogP contribution in [0.2, 0.25) is 0 Å². The fourth-order valence-electron chi connectivity index (χ4n) is 5.84. The minimum atomic E-state index is -0.856. The first-order chi connectivity index (χ1) is 18.2. The van der Waals surface area contributed by atoms with Gasteiger partial charge >= 0.3 is 5.97 Å². The molecule has 1 heterocycles. The number of aliphatic carboxylic acids is 1. The molecule has 198 valence electrons. The van der Waals surface area contributed by atoms with Gasteiger partial charge in [0.2, 0.25) is 0 Å². The van der Waals surface area contributed by atoms with Crippen LogP contribution in [0, 0.1) is 19.7 Å². The molecule has 2 N–H and O–H groups in total. The summed E-state index contributed by atoms with van der Waals surface area (Å²) in [6.07, 6.45) is 2.49. The highest BCUT2D eigenvalue weighted by molar-refractivity contribution is 5.76. The van der Waals surface area contributed by atoms with E-state index >= 15 is 4.39 Å². The molecule has 0 unspecified atom stereocenters. The number of hydrogen-bond donors (Lipinski definition) is 2. The van der Waals surface area contributed by atoms with Crippen molar-refractivity contribution in [1.82, 2.24) is 0 Å². The third kappa shape index (κ3) is 4.60. The molecule has 1 saturated carbocycles. The van der Waals surface area contributed by atoms with Crippen molar-refractivity contribution in [2.24, 2.45) is 0 Å². The lowest BCUT2D eigenvalue weighted by Gasteiger charge is -2.19. The number of benzene rings is 3. The standard InChI is InChI=1S/C31H31FO6/c1-17-11-21(37-16-31(35)9-10-31)12-18(2)29(17)23-5-7-25(32)30-24(23)6-8-26(30)38-20-3-4-22-19(13-28(33)34)15-36-27(22)14-20/h3-5,7,11-12,14,19,26,35H,6,8-10,13,15-16H2,1-2H3,(H,33,34)/t19-,26-/m1/s1. The second-order valence-corrected chi connectivity index (χ2v) is 10.9. The van der Waals surface area contributed by atoms with Gasteiger partial charge in [-0.25, -0.2) is 4.39 Å². The molecule has 2 aliphatic carbocycles. The molecular weight excluding hydrogens is 487 g/mol. The average Bonchev–Trinajstić information content (AvgIpc) is 3.26. The quantitative estimate of drug-likeness (QED) is 0.379. The predicted molar refractivity (Wildman–Crippen MR) is 140 cm³/mol. The molecular formula is C31H31FO6. The maximum Gasteiger partial charge on any atom is 0.304 e. The SMILES string of the molecule is Cc1cc(OCC2(O)CC2)cc(C)c1-c1ccc(F)c2c1CC[C@H]2Oc1ccc2c(c1)OC[C@H]2CC(=O)O. The number of carboxylic acid groups (broad SMARTS) is 1. The monoisotopic (exact) mass is 518 g/mol. The fraction of sp³-hybridized carbons (Fsp3) is 0.387.